The van der Waals surface area contributed by atoms with Crippen molar-refractivity contribution in [3.8, 4) is 11.4 Å². The third-order valence-corrected chi connectivity index (χ3v) is 4.28. The molecule has 0 radical (unpaired) electrons. The lowest BCUT2D eigenvalue weighted by atomic mass is 10.1. The van der Waals surface area contributed by atoms with Gasteiger partial charge in [0.25, 0.3) is 5.56 Å². The van der Waals surface area contributed by atoms with Crippen LogP contribution in [0.1, 0.15) is 11.3 Å². The fourth-order valence-electron chi connectivity index (χ4n) is 2.31. The van der Waals surface area contributed by atoms with E-state index >= 15 is 0 Å². The molecule has 0 aliphatic rings. The van der Waals surface area contributed by atoms with Gasteiger partial charge in [-0.15, -0.1) is 11.3 Å². The maximum Gasteiger partial charge on any atom is 0.254 e. The molecule has 0 amide bonds. The third kappa shape index (κ3) is 2.15. The zero-order chi connectivity index (χ0) is 14.1. The fourth-order valence-corrected chi connectivity index (χ4v) is 3.25. The molecule has 2 heterocycles. The van der Waals surface area contributed by atoms with Crippen molar-refractivity contribution in [1.82, 2.24) is 9.97 Å². The molecule has 3 rings (SSSR count). The highest BCUT2D eigenvalue weighted by atomic mass is 32.1. The number of nitrogens with zero attached hydrogens (tertiary/aromatic N) is 1. The van der Waals surface area contributed by atoms with E-state index in [9.17, 15) is 4.79 Å². The number of fused-ring (bicyclic) bond motifs is 1. The number of aromatic nitrogens is 2. The van der Waals surface area contributed by atoms with E-state index < -0.39 is 0 Å². The summed E-state index contributed by atoms with van der Waals surface area (Å²) in [5, 5.41) is 12.1. The SMILES string of the molecule is Cc1nc(-c2csc3ccccc23)[nH]c(=O)c1CCO. The lowest BCUT2D eigenvalue weighted by Crippen LogP contribution is -2.18. The number of nitrogens with one attached hydrogen (secondary N) is 1. The van der Waals surface area contributed by atoms with Gasteiger partial charge in [-0.1, -0.05) is 18.2 Å². The second kappa shape index (κ2) is 5.19. The normalized spacial score (nSPS) is 11.1. The molecular weight excluding hydrogens is 272 g/mol. The molecule has 0 spiro atoms. The van der Waals surface area contributed by atoms with Crippen LogP contribution >= 0.6 is 11.3 Å². The molecule has 0 aliphatic carbocycles. The molecule has 2 aromatic heterocycles. The minimum atomic E-state index is -0.170. The molecular formula is C15H14N2O2S. The molecule has 0 saturated carbocycles. The number of thiophene rings is 1. The minimum absolute atomic E-state index is 0.0493. The molecule has 4 nitrogen and oxygen atoms in total. The van der Waals surface area contributed by atoms with Gasteiger partial charge in [0, 0.05) is 45.3 Å². The highest BCUT2D eigenvalue weighted by Gasteiger charge is 2.12. The maximum atomic E-state index is 12.1. The van der Waals surface area contributed by atoms with Crippen LogP contribution in [0.25, 0.3) is 21.5 Å². The van der Waals surface area contributed by atoms with E-state index in [1.807, 2.05) is 23.6 Å². The summed E-state index contributed by atoms with van der Waals surface area (Å²) in [5.74, 6) is 0.589. The van der Waals surface area contributed by atoms with Crippen LogP contribution in [0, 0.1) is 6.92 Å². The molecule has 0 bridgehead atoms. The zero-order valence-corrected chi connectivity index (χ0v) is 11.8. The first-order chi connectivity index (χ1) is 9.70. The van der Waals surface area contributed by atoms with Crippen molar-refractivity contribution < 1.29 is 5.11 Å². The first kappa shape index (κ1) is 13.0. The van der Waals surface area contributed by atoms with Crippen molar-refractivity contribution in [2.75, 3.05) is 6.61 Å². The molecule has 0 fully saturated rings. The van der Waals surface area contributed by atoms with E-state index in [4.69, 9.17) is 5.11 Å². The Balaban J connectivity index is 2.18. The van der Waals surface area contributed by atoms with Gasteiger partial charge in [-0.25, -0.2) is 4.98 Å². The van der Waals surface area contributed by atoms with Crippen LogP contribution in [0.3, 0.4) is 0 Å². The number of aliphatic hydroxyl groups is 1. The topological polar surface area (TPSA) is 66.0 Å². The summed E-state index contributed by atoms with van der Waals surface area (Å²) in [6, 6.07) is 8.05. The van der Waals surface area contributed by atoms with Crippen LogP contribution in [-0.4, -0.2) is 21.7 Å². The Hall–Kier alpha value is -1.98. The van der Waals surface area contributed by atoms with Crippen LogP contribution < -0.4 is 5.56 Å². The number of hydrogen-bond acceptors (Lipinski definition) is 4. The van der Waals surface area contributed by atoms with Crippen LogP contribution in [0.2, 0.25) is 0 Å². The number of rotatable bonds is 3. The fraction of sp³-hybridized carbons (Fsp3) is 0.200. The van der Waals surface area contributed by atoms with E-state index in [2.05, 4.69) is 16.0 Å². The molecule has 102 valence electrons. The monoisotopic (exact) mass is 286 g/mol. The Kier molecular flexibility index (Phi) is 3.38. The maximum absolute atomic E-state index is 12.1. The largest absolute Gasteiger partial charge is 0.396 e. The predicted octanol–water partition coefficient (Wildman–Crippen LogP) is 2.49. The van der Waals surface area contributed by atoms with Gasteiger partial charge in [0.2, 0.25) is 0 Å². The third-order valence-electron chi connectivity index (χ3n) is 3.32. The summed E-state index contributed by atoms with van der Waals surface area (Å²) in [6.07, 6.45) is 0.332. The van der Waals surface area contributed by atoms with Crippen molar-refractivity contribution >= 4 is 21.4 Å². The van der Waals surface area contributed by atoms with E-state index in [0.29, 0.717) is 23.5 Å². The minimum Gasteiger partial charge on any atom is -0.396 e. The average molecular weight is 286 g/mol. The van der Waals surface area contributed by atoms with E-state index in [-0.39, 0.29) is 12.2 Å². The van der Waals surface area contributed by atoms with Crippen molar-refractivity contribution in [1.29, 1.82) is 0 Å². The molecule has 0 unspecified atom stereocenters. The molecule has 0 atom stereocenters. The van der Waals surface area contributed by atoms with E-state index in [1.165, 1.54) is 4.70 Å². The van der Waals surface area contributed by atoms with Gasteiger partial charge in [0.1, 0.15) is 5.82 Å². The summed E-state index contributed by atoms with van der Waals surface area (Å²) in [5.41, 5.74) is 2.00. The van der Waals surface area contributed by atoms with Crippen molar-refractivity contribution in [3.05, 3.63) is 51.3 Å². The van der Waals surface area contributed by atoms with Gasteiger partial charge in [-0.3, -0.25) is 4.79 Å². The molecule has 0 aliphatic heterocycles. The van der Waals surface area contributed by atoms with E-state index in [1.54, 1.807) is 18.3 Å². The Morgan fingerprint density at radius 3 is 2.90 bits per heavy atom. The summed E-state index contributed by atoms with van der Waals surface area (Å²) >= 11 is 1.63. The van der Waals surface area contributed by atoms with Gasteiger partial charge in [0.05, 0.1) is 0 Å². The number of hydrogen-bond donors (Lipinski definition) is 2. The summed E-state index contributed by atoms with van der Waals surface area (Å²) in [7, 11) is 0. The summed E-state index contributed by atoms with van der Waals surface area (Å²) in [4.78, 5) is 19.4. The number of H-pyrrole nitrogens is 1. The highest BCUT2D eigenvalue weighted by Crippen LogP contribution is 2.31. The van der Waals surface area contributed by atoms with E-state index in [0.717, 1.165) is 10.9 Å². The Labute approximate surface area is 119 Å². The summed E-state index contributed by atoms with van der Waals surface area (Å²) in [6.45, 7) is 1.75. The van der Waals surface area contributed by atoms with Gasteiger partial charge in [-0.05, 0) is 13.0 Å². The number of aryl methyl sites for hydroxylation is 1. The number of aromatic amines is 1. The zero-order valence-electron chi connectivity index (χ0n) is 11.0. The van der Waals surface area contributed by atoms with Gasteiger partial charge in [-0.2, -0.15) is 0 Å². The summed E-state index contributed by atoms with van der Waals surface area (Å²) < 4.78 is 1.17. The van der Waals surface area contributed by atoms with Crippen molar-refractivity contribution in [2.24, 2.45) is 0 Å². The highest BCUT2D eigenvalue weighted by molar-refractivity contribution is 7.17. The Morgan fingerprint density at radius 2 is 2.15 bits per heavy atom. The first-order valence-electron chi connectivity index (χ1n) is 6.38. The molecule has 2 N–H and O–H groups in total. The Bertz CT molecular complexity index is 820. The standard InChI is InChI=1S/C15H14N2O2S/c1-9-10(6-7-18)15(19)17-14(16-9)12-8-20-13-5-3-2-4-11(12)13/h2-5,8,18H,6-7H2,1H3,(H,16,17,19). The van der Waals surface area contributed by atoms with Gasteiger partial charge >= 0.3 is 0 Å². The van der Waals surface area contributed by atoms with Gasteiger partial charge < -0.3 is 10.1 Å². The molecule has 5 heteroatoms. The first-order valence-corrected chi connectivity index (χ1v) is 7.26. The second-order valence-electron chi connectivity index (χ2n) is 4.60. The number of benzene rings is 1. The number of aliphatic hydroxyl groups excluding tert-OH is 1. The molecule has 3 aromatic rings. The van der Waals surface area contributed by atoms with Crippen molar-refractivity contribution in [2.45, 2.75) is 13.3 Å². The molecule has 1 aromatic carbocycles. The van der Waals surface area contributed by atoms with Crippen LogP contribution in [0.5, 0.6) is 0 Å². The lowest BCUT2D eigenvalue weighted by molar-refractivity contribution is 0.298. The molecule has 0 saturated heterocycles. The molecule has 20 heavy (non-hydrogen) atoms. The van der Waals surface area contributed by atoms with Gasteiger partial charge in [0.15, 0.2) is 0 Å². The van der Waals surface area contributed by atoms with Crippen LogP contribution in [-0.2, 0) is 6.42 Å². The van der Waals surface area contributed by atoms with Crippen molar-refractivity contribution in [3.63, 3.8) is 0 Å². The average Bonchev–Trinajstić information content (AvgIpc) is 2.86. The Morgan fingerprint density at radius 1 is 1.35 bits per heavy atom. The smallest absolute Gasteiger partial charge is 0.254 e. The second-order valence-corrected chi connectivity index (χ2v) is 5.51. The lowest BCUT2D eigenvalue weighted by Gasteiger charge is -2.05. The van der Waals surface area contributed by atoms with Crippen LogP contribution in [0.4, 0.5) is 0 Å². The quantitative estimate of drug-likeness (QED) is 0.777. The predicted molar refractivity (Wildman–Crippen MR) is 81.2 cm³/mol. The van der Waals surface area contributed by atoms with Crippen LogP contribution in [0.15, 0.2) is 34.4 Å².